The molecule has 6 atom stereocenters. The molecule has 0 aromatic heterocycles. The van der Waals surface area contributed by atoms with Gasteiger partial charge in [0.15, 0.2) is 0 Å². The minimum Gasteiger partial charge on any atom is -0.339 e. The van der Waals surface area contributed by atoms with Crippen molar-refractivity contribution in [3.63, 3.8) is 0 Å². The van der Waals surface area contributed by atoms with Crippen LogP contribution in [0.4, 0.5) is 22.0 Å². The molecule has 0 N–H and O–H groups in total. The number of benzene rings is 2. The summed E-state index contributed by atoms with van der Waals surface area (Å²) in [5.74, 6) is -0.390. The predicted octanol–water partition coefficient (Wildman–Crippen LogP) is 6.39. The van der Waals surface area contributed by atoms with Crippen molar-refractivity contribution in [2.75, 3.05) is 6.54 Å². The molecule has 2 aromatic carbocycles. The second-order valence-corrected chi connectivity index (χ2v) is 12.6. The summed E-state index contributed by atoms with van der Waals surface area (Å²) in [4.78, 5) is 30.2. The van der Waals surface area contributed by atoms with Gasteiger partial charge in [0.05, 0.1) is 0 Å². The summed E-state index contributed by atoms with van der Waals surface area (Å²) in [6, 6.07) is 10.4. The molecule has 220 valence electrons. The number of fused-ring (bicyclic) bond motifs is 5. The minimum absolute atomic E-state index is 0.0565. The van der Waals surface area contributed by atoms with Crippen LogP contribution in [0.1, 0.15) is 74.6 Å². The maximum absolute atomic E-state index is 14.9. The molecule has 4 nitrogen and oxygen atoms in total. The third-order valence-electron chi connectivity index (χ3n) is 10.4. The van der Waals surface area contributed by atoms with E-state index in [1.54, 1.807) is 25.1 Å². The monoisotopic (exact) mass is 574 g/mol. The highest BCUT2D eigenvalue weighted by Gasteiger charge is 2.56. The molecular weight excluding hydrogens is 539 g/mol. The lowest BCUT2D eigenvalue weighted by atomic mass is 9.63. The summed E-state index contributed by atoms with van der Waals surface area (Å²) in [6.07, 6.45) is 0.165. The van der Waals surface area contributed by atoms with Gasteiger partial charge in [-0.3, -0.25) is 9.59 Å². The van der Waals surface area contributed by atoms with Crippen LogP contribution < -0.4 is 0 Å². The molecule has 2 aromatic rings. The van der Waals surface area contributed by atoms with E-state index in [0.717, 1.165) is 24.0 Å². The molecule has 1 aliphatic carbocycles. The lowest BCUT2D eigenvalue weighted by Gasteiger charge is -2.45. The Morgan fingerprint density at radius 3 is 2.24 bits per heavy atom. The number of hydrogen-bond donors (Lipinski definition) is 0. The Morgan fingerprint density at radius 1 is 0.976 bits per heavy atom. The van der Waals surface area contributed by atoms with Crippen LogP contribution in [0.5, 0.6) is 0 Å². The van der Waals surface area contributed by atoms with Crippen molar-refractivity contribution in [1.29, 1.82) is 0 Å². The average Bonchev–Trinajstić information content (AvgIpc) is 3.43. The van der Waals surface area contributed by atoms with Crippen molar-refractivity contribution >= 4 is 11.8 Å². The number of amides is 2. The van der Waals surface area contributed by atoms with Crippen LogP contribution in [-0.2, 0) is 33.5 Å². The van der Waals surface area contributed by atoms with Crippen LogP contribution in [0.3, 0.4) is 0 Å². The molecule has 2 amide bonds. The molecule has 0 spiro atoms. The first-order chi connectivity index (χ1) is 19.3. The van der Waals surface area contributed by atoms with Gasteiger partial charge in [0.1, 0.15) is 5.82 Å². The van der Waals surface area contributed by atoms with E-state index in [0.29, 0.717) is 57.6 Å². The highest BCUT2D eigenvalue weighted by atomic mass is 19.4. The fourth-order valence-corrected chi connectivity index (χ4v) is 8.38. The molecule has 3 heterocycles. The van der Waals surface area contributed by atoms with Gasteiger partial charge in [-0.1, -0.05) is 30.3 Å². The SMILES string of the molecule is CC(=O)N1[C@@H]2CC[C@H]1C[C@H](C(=O)N1CC[C@@]3(Cc4ccc(F)cc4)c4ccc(C(C)(F)C(F)(F)F)cc4CC[C@@H]13)C2. The lowest BCUT2D eigenvalue weighted by Crippen LogP contribution is -2.53. The highest BCUT2D eigenvalue weighted by Crippen LogP contribution is 2.52. The first-order valence-electron chi connectivity index (χ1n) is 14.5. The first kappa shape index (κ1) is 28.2. The first-order valence-corrected chi connectivity index (χ1v) is 14.5. The molecule has 0 saturated carbocycles. The van der Waals surface area contributed by atoms with Crippen molar-refractivity contribution in [2.24, 2.45) is 5.92 Å². The van der Waals surface area contributed by atoms with E-state index in [4.69, 9.17) is 0 Å². The number of nitrogens with zero attached hydrogens (tertiary/aromatic N) is 2. The number of piperidine rings is 1. The number of halogens is 5. The standard InChI is InChI=1S/C32H35F5N2O2/c1-19(40)39-25-9-10-26(39)17-22(16-25)29(41)38-14-13-31(18-20-3-7-24(33)8-4-20)27-11-6-23(30(2,34)32(35,36)37)15-21(27)5-12-28(31)38/h3-4,6-8,11,15,22,25-26,28H,5,9-10,12-14,16-18H2,1-2H3/t22-,25-,26+,28-,30?,31-/m1/s1. The number of carbonyl (C=O) groups excluding carboxylic acids is 2. The normalized spacial score (nSPS) is 30.5. The number of aryl methyl sites for hydroxylation is 1. The molecule has 41 heavy (non-hydrogen) atoms. The van der Waals surface area contributed by atoms with E-state index in [2.05, 4.69) is 0 Å². The van der Waals surface area contributed by atoms with Crippen molar-refractivity contribution in [2.45, 2.75) is 101 Å². The molecule has 6 rings (SSSR count). The summed E-state index contributed by atoms with van der Waals surface area (Å²) in [6.45, 7) is 2.65. The molecule has 3 saturated heterocycles. The molecule has 3 fully saturated rings. The summed E-state index contributed by atoms with van der Waals surface area (Å²) in [5, 5.41) is 0. The van der Waals surface area contributed by atoms with Crippen molar-refractivity contribution in [1.82, 2.24) is 9.80 Å². The fraction of sp³-hybridized carbons (Fsp3) is 0.562. The molecule has 4 aliphatic rings. The number of hydrogen-bond acceptors (Lipinski definition) is 2. The third-order valence-corrected chi connectivity index (χ3v) is 10.4. The largest absolute Gasteiger partial charge is 0.426 e. The molecule has 3 aliphatic heterocycles. The maximum atomic E-state index is 14.9. The Labute approximate surface area is 236 Å². The molecule has 2 bridgehead atoms. The quantitative estimate of drug-likeness (QED) is 0.397. The molecular formula is C32H35F5N2O2. The Morgan fingerprint density at radius 2 is 1.63 bits per heavy atom. The van der Waals surface area contributed by atoms with Gasteiger partial charge in [-0.25, -0.2) is 8.78 Å². The Hall–Kier alpha value is -2.97. The third kappa shape index (κ3) is 4.54. The van der Waals surface area contributed by atoms with Crippen molar-refractivity contribution < 1.29 is 31.5 Å². The van der Waals surface area contributed by atoms with E-state index >= 15 is 0 Å². The van der Waals surface area contributed by atoms with Gasteiger partial charge in [0.25, 0.3) is 0 Å². The van der Waals surface area contributed by atoms with Crippen LogP contribution in [0.25, 0.3) is 0 Å². The van der Waals surface area contributed by atoms with Crippen LogP contribution in [0, 0.1) is 11.7 Å². The smallest absolute Gasteiger partial charge is 0.339 e. The zero-order valence-electron chi connectivity index (χ0n) is 23.3. The van der Waals surface area contributed by atoms with E-state index < -0.39 is 22.8 Å². The van der Waals surface area contributed by atoms with E-state index in [1.807, 2.05) is 9.80 Å². The second kappa shape index (κ2) is 9.80. The van der Waals surface area contributed by atoms with Gasteiger partial charge < -0.3 is 9.80 Å². The zero-order valence-corrected chi connectivity index (χ0v) is 23.3. The van der Waals surface area contributed by atoms with Gasteiger partial charge >= 0.3 is 6.18 Å². The number of alkyl halides is 4. The van der Waals surface area contributed by atoms with Gasteiger partial charge in [-0.05, 0) is 92.7 Å². The van der Waals surface area contributed by atoms with Gasteiger partial charge in [0.2, 0.25) is 17.5 Å². The zero-order chi connectivity index (χ0) is 29.3. The second-order valence-electron chi connectivity index (χ2n) is 12.6. The molecule has 0 radical (unpaired) electrons. The van der Waals surface area contributed by atoms with Gasteiger partial charge in [-0.15, -0.1) is 0 Å². The summed E-state index contributed by atoms with van der Waals surface area (Å²) >= 11 is 0. The van der Waals surface area contributed by atoms with Crippen LogP contribution in [-0.4, -0.2) is 52.5 Å². The fourth-order valence-electron chi connectivity index (χ4n) is 8.38. The summed E-state index contributed by atoms with van der Waals surface area (Å²) < 4.78 is 69.3. The lowest BCUT2D eigenvalue weighted by molar-refractivity contribution is -0.228. The summed E-state index contributed by atoms with van der Waals surface area (Å²) in [5.41, 5.74) is -2.07. The van der Waals surface area contributed by atoms with E-state index in [9.17, 15) is 31.5 Å². The Balaban J connectivity index is 1.34. The average molecular weight is 575 g/mol. The highest BCUT2D eigenvalue weighted by molar-refractivity contribution is 5.81. The number of carbonyl (C=O) groups is 2. The van der Waals surface area contributed by atoms with Crippen LogP contribution >= 0.6 is 0 Å². The molecule has 9 heteroatoms. The van der Waals surface area contributed by atoms with Gasteiger partial charge in [-0.2, -0.15) is 13.2 Å². The van der Waals surface area contributed by atoms with Crippen molar-refractivity contribution in [3.8, 4) is 0 Å². The number of likely N-dealkylation sites (tertiary alicyclic amines) is 1. The van der Waals surface area contributed by atoms with Crippen LogP contribution in [0.2, 0.25) is 0 Å². The molecule has 1 unspecified atom stereocenters. The Kier molecular flexibility index (Phi) is 6.73. The van der Waals surface area contributed by atoms with Crippen LogP contribution in [0.15, 0.2) is 42.5 Å². The van der Waals surface area contributed by atoms with E-state index in [-0.39, 0.29) is 41.7 Å². The topological polar surface area (TPSA) is 40.6 Å². The van der Waals surface area contributed by atoms with Crippen molar-refractivity contribution in [3.05, 3.63) is 70.5 Å². The van der Waals surface area contributed by atoms with Gasteiger partial charge in [0, 0.05) is 42.9 Å². The Bertz CT molecular complexity index is 1340. The number of rotatable bonds is 4. The predicted molar refractivity (Wildman–Crippen MR) is 143 cm³/mol. The summed E-state index contributed by atoms with van der Waals surface area (Å²) in [7, 11) is 0. The maximum Gasteiger partial charge on any atom is 0.426 e. The van der Waals surface area contributed by atoms with E-state index in [1.165, 1.54) is 24.3 Å². The minimum atomic E-state index is -5.04.